The highest BCUT2D eigenvalue weighted by atomic mass is 35.5. The lowest BCUT2D eigenvalue weighted by atomic mass is 9.98. The molecule has 0 saturated carbocycles. The smallest absolute Gasteiger partial charge is 0.275 e. The van der Waals surface area contributed by atoms with Crippen molar-refractivity contribution in [2.24, 2.45) is 0 Å². The van der Waals surface area contributed by atoms with E-state index in [-0.39, 0.29) is 11.9 Å². The topological polar surface area (TPSA) is 58.2 Å². The van der Waals surface area contributed by atoms with Gasteiger partial charge in [0.25, 0.3) is 5.91 Å². The van der Waals surface area contributed by atoms with Gasteiger partial charge in [-0.2, -0.15) is 5.10 Å². The van der Waals surface area contributed by atoms with Crippen LogP contribution >= 0.6 is 22.9 Å². The van der Waals surface area contributed by atoms with E-state index < -0.39 is 0 Å². The Balaban J connectivity index is 1.80. The number of methoxy groups -OCH3 is 1. The summed E-state index contributed by atoms with van der Waals surface area (Å²) in [6.07, 6.45) is 0.772. The van der Waals surface area contributed by atoms with Crippen molar-refractivity contribution >= 4 is 28.8 Å². The number of hydrogen-bond acceptors (Lipinski definition) is 4. The number of rotatable bonds is 6. The normalized spacial score (nSPS) is 16.3. The third kappa shape index (κ3) is 2.94. The van der Waals surface area contributed by atoms with Crippen molar-refractivity contribution < 1.29 is 9.53 Å². The second-order valence-electron chi connectivity index (χ2n) is 6.14. The Morgan fingerprint density at radius 1 is 1.31 bits per heavy atom. The summed E-state index contributed by atoms with van der Waals surface area (Å²) in [6, 6.07) is 11.5. The van der Waals surface area contributed by atoms with Gasteiger partial charge < -0.3 is 9.64 Å². The van der Waals surface area contributed by atoms with Crippen LogP contribution in [0, 0.1) is 0 Å². The molecule has 1 amide bonds. The van der Waals surface area contributed by atoms with Gasteiger partial charge in [-0.05, 0) is 35.6 Å². The number of carbonyl (C=O) groups excluding carboxylic acids is 1. The quantitative estimate of drug-likeness (QED) is 0.639. The number of amides is 1. The molecule has 1 aliphatic rings. The molecule has 0 aliphatic carbocycles. The fourth-order valence-electron chi connectivity index (χ4n) is 3.40. The van der Waals surface area contributed by atoms with Gasteiger partial charge in [-0.1, -0.05) is 29.8 Å². The summed E-state index contributed by atoms with van der Waals surface area (Å²) in [5.41, 5.74) is 3.39. The van der Waals surface area contributed by atoms with Crippen LogP contribution in [-0.4, -0.2) is 41.3 Å². The molecule has 0 saturated heterocycles. The fraction of sp³-hybridized carbons (Fsp3) is 0.263. The number of carbonyl (C=O) groups is 1. The van der Waals surface area contributed by atoms with Crippen LogP contribution in [0.3, 0.4) is 0 Å². The molecule has 7 heteroatoms. The Bertz CT molecular complexity index is 906. The minimum atomic E-state index is -0.178. The maximum Gasteiger partial charge on any atom is 0.275 e. The number of fused-ring (bicyclic) bond motifs is 1. The second kappa shape index (κ2) is 7.23. The van der Waals surface area contributed by atoms with Crippen LogP contribution in [0.25, 0.3) is 10.6 Å². The van der Waals surface area contributed by atoms with Gasteiger partial charge in [-0.15, -0.1) is 11.3 Å². The van der Waals surface area contributed by atoms with Crippen molar-refractivity contribution in [1.29, 1.82) is 0 Å². The number of aromatic amines is 1. The molecule has 0 radical (unpaired) electrons. The summed E-state index contributed by atoms with van der Waals surface area (Å²) in [5, 5.41) is 10.1. The zero-order valence-electron chi connectivity index (χ0n) is 14.2. The number of hydrogen-bond donors (Lipinski definition) is 1. The Morgan fingerprint density at radius 2 is 2.12 bits per heavy atom. The van der Waals surface area contributed by atoms with E-state index in [1.807, 2.05) is 46.7 Å². The molecule has 5 nitrogen and oxygen atoms in total. The summed E-state index contributed by atoms with van der Waals surface area (Å²) in [6.45, 7) is 1.22. The predicted octanol–water partition coefficient (Wildman–Crippen LogP) is 4.37. The molecule has 2 aromatic heterocycles. The minimum Gasteiger partial charge on any atom is -0.385 e. The maximum absolute atomic E-state index is 13.0. The molecule has 3 heterocycles. The van der Waals surface area contributed by atoms with Gasteiger partial charge in [0.15, 0.2) is 5.69 Å². The first-order chi connectivity index (χ1) is 12.7. The molecule has 3 aromatic rings. The highest BCUT2D eigenvalue weighted by Gasteiger charge is 2.42. The molecule has 26 heavy (non-hydrogen) atoms. The number of nitrogens with one attached hydrogen (secondary N) is 1. The number of aromatic nitrogens is 2. The van der Waals surface area contributed by atoms with E-state index in [1.165, 1.54) is 0 Å². The van der Waals surface area contributed by atoms with Crippen LogP contribution in [-0.2, 0) is 4.74 Å². The first kappa shape index (κ1) is 17.3. The number of H-pyrrole nitrogens is 1. The third-order valence-corrected chi connectivity index (χ3v) is 5.69. The lowest BCUT2D eigenvalue weighted by Crippen LogP contribution is -2.31. The van der Waals surface area contributed by atoms with E-state index in [2.05, 4.69) is 10.2 Å². The molecule has 1 unspecified atom stereocenters. The lowest BCUT2D eigenvalue weighted by Gasteiger charge is -2.26. The van der Waals surface area contributed by atoms with Crippen LogP contribution < -0.4 is 0 Å². The fourth-order valence-corrected chi connectivity index (χ4v) is 4.26. The molecule has 0 spiro atoms. The van der Waals surface area contributed by atoms with Gasteiger partial charge >= 0.3 is 0 Å². The number of halogens is 1. The van der Waals surface area contributed by atoms with E-state index in [9.17, 15) is 4.79 Å². The minimum absolute atomic E-state index is 0.0462. The Hall–Kier alpha value is -2.15. The van der Waals surface area contributed by atoms with E-state index >= 15 is 0 Å². The highest BCUT2D eigenvalue weighted by Crippen LogP contribution is 2.43. The number of nitrogens with zero attached hydrogens (tertiary/aromatic N) is 2. The van der Waals surface area contributed by atoms with Crippen LogP contribution in [0.1, 0.15) is 34.1 Å². The molecular weight excluding hydrogens is 370 g/mol. The molecule has 134 valence electrons. The first-order valence-electron chi connectivity index (χ1n) is 8.38. The summed E-state index contributed by atoms with van der Waals surface area (Å²) >= 11 is 7.69. The van der Waals surface area contributed by atoms with Crippen molar-refractivity contribution in [3.63, 3.8) is 0 Å². The van der Waals surface area contributed by atoms with Crippen molar-refractivity contribution in [1.82, 2.24) is 15.1 Å². The SMILES string of the molecule is COCCCN1C(=O)c2n[nH]c(-c3cccs3)c2C1c1ccc(Cl)cc1. The summed E-state index contributed by atoms with van der Waals surface area (Å²) in [5.74, 6) is -0.0462. The molecule has 1 atom stereocenters. The van der Waals surface area contributed by atoms with E-state index in [4.69, 9.17) is 16.3 Å². The van der Waals surface area contributed by atoms with Gasteiger partial charge in [0.05, 0.1) is 16.6 Å². The predicted molar refractivity (Wildman–Crippen MR) is 103 cm³/mol. The summed E-state index contributed by atoms with van der Waals surface area (Å²) < 4.78 is 5.16. The van der Waals surface area contributed by atoms with Crippen LogP contribution in [0.15, 0.2) is 41.8 Å². The van der Waals surface area contributed by atoms with Gasteiger partial charge in [0.1, 0.15) is 0 Å². The average molecular weight is 388 g/mol. The maximum atomic E-state index is 13.0. The standard InChI is InChI=1S/C19H18ClN3O2S/c1-25-10-3-9-23-18(12-5-7-13(20)8-6-12)15-16(14-4-2-11-26-14)21-22-17(15)19(23)24/h2,4-8,11,18H,3,9-10H2,1H3,(H,21,22). The summed E-state index contributed by atoms with van der Waals surface area (Å²) in [7, 11) is 1.67. The Kier molecular flexibility index (Phi) is 4.80. The van der Waals surface area contributed by atoms with E-state index in [0.29, 0.717) is 23.9 Å². The summed E-state index contributed by atoms with van der Waals surface area (Å²) in [4.78, 5) is 16.0. The molecule has 4 rings (SSSR count). The number of thiophene rings is 1. The number of ether oxygens (including phenoxy) is 1. The van der Waals surface area contributed by atoms with Gasteiger partial charge in [0.2, 0.25) is 0 Å². The largest absolute Gasteiger partial charge is 0.385 e. The first-order valence-corrected chi connectivity index (χ1v) is 9.64. The molecule has 0 fully saturated rings. The van der Waals surface area contributed by atoms with E-state index in [0.717, 1.165) is 28.1 Å². The molecule has 0 bridgehead atoms. The third-order valence-electron chi connectivity index (χ3n) is 4.55. The Morgan fingerprint density at radius 3 is 2.81 bits per heavy atom. The molecule has 1 aromatic carbocycles. The highest BCUT2D eigenvalue weighted by molar-refractivity contribution is 7.13. The van der Waals surface area contributed by atoms with Crippen molar-refractivity contribution in [2.75, 3.05) is 20.3 Å². The van der Waals surface area contributed by atoms with Crippen molar-refractivity contribution in [2.45, 2.75) is 12.5 Å². The van der Waals surface area contributed by atoms with Crippen molar-refractivity contribution in [3.8, 4) is 10.6 Å². The van der Waals surface area contributed by atoms with Crippen molar-refractivity contribution in [3.05, 3.63) is 63.6 Å². The zero-order chi connectivity index (χ0) is 18.1. The molecule has 1 N–H and O–H groups in total. The van der Waals surface area contributed by atoms with Crippen LogP contribution in [0.4, 0.5) is 0 Å². The average Bonchev–Trinajstić information content (AvgIpc) is 3.35. The molecular formula is C19H18ClN3O2S. The zero-order valence-corrected chi connectivity index (χ0v) is 15.8. The van der Waals surface area contributed by atoms with Crippen LogP contribution in [0.2, 0.25) is 5.02 Å². The van der Waals surface area contributed by atoms with Crippen LogP contribution in [0.5, 0.6) is 0 Å². The van der Waals surface area contributed by atoms with E-state index in [1.54, 1.807) is 18.4 Å². The lowest BCUT2D eigenvalue weighted by molar-refractivity contribution is 0.0723. The number of benzene rings is 1. The van der Waals surface area contributed by atoms with Gasteiger partial charge in [-0.25, -0.2) is 0 Å². The Labute approximate surface area is 160 Å². The molecule has 1 aliphatic heterocycles. The second-order valence-corrected chi connectivity index (χ2v) is 7.52. The van der Waals surface area contributed by atoms with Gasteiger partial charge in [0, 0.05) is 30.8 Å². The monoisotopic (exact) mass is 387 g/mol. The van der Waals surface area contributed by atoms with Gasteiger partial charge in [-0.3, -0.25) is 9.89 Å².